The lowest BCUT2D eigenvalue weighted by Crippen LogP contribution is -2.28. The van der Waals surface area contributed by atoms with Crippen molar-refractivity contribution in [3.63, 3.8) is 0 Å². The van der Waals surface area contributed by atoms with E-state index in [2.05, 4.69) is 20.9 Å². The zero-order valence-electron chi connectivity index (χ0n) is 19.6. The second-order valence-corrected chi connectivity index (χ2v) is 9.53. The second kappa shape index (κ2) is 11.7. The van der Waals surface area contributed by atoms with Gasteiger partial charge in [-0.1, -0.05) is 34.1 Å². The third kappa shape index (κ3) is 5.96. The van der Waals surface area contributed by atoms with E-state index in [-0.39, 0.29) is 24.1 Å². The first-order valence-corrected chi connectivity index (χ1v) is 12.9. The van der Waals surface area contributed by atoms with Crippen molar-refractivity contribution in [2.24, 2.45) is 4.99 Å². The van der Waals surface area contributed by atoms with Gasteiger partial charge < -0.3 is 9.47 Å². The van der Waals surface area contributed by atoms with Crippen molar-refractivity contribution in [2.75, 3.05) is 13.2 Å². The van der Waals surface area contributed by atoms with Crippen LogP contribution >= 0.6 is 27.7 Å². The number of amides is 1. The van der Waals surface area contributed by atoms with E-state index in [4.69, 9.17) is 9.47 Å². The van der Waals surface area contributed by atoms with Crippen LogP contribution in [0, 0.1) is 11.6 Å². The highest BCUT2D eigenvalue weighted by Gasteiger charge is 2.32. The molecule has 9 heteroatoms. The largest absolute Gasteiger partial charge is 0.490 e. The third-order valence-corrected chi connectivity index (χ3v) is 6.94. The van der Waals surface area contributed by atoms with Crippen LogP contribution < -0.4 is 9.47 Å². The zero-order valence-corrected chi connectivity index (χ0v) is 22.0. The molecular weight excluding hydrogens is 550 g/mol. The van der Waals surface area contributed by atoms with Gasteiger partial charge in [0.2, 0.25) is 0 Å². The number of amidine groups is 1. The molecule has 0 N–H and O–H groups in total. The number of hydrogen-bond acceptors (Lipinski definition) is 5. The van der Waals surface area contributed by atoms with E-state index in [0.717, 1.165) is 0 Å². The minimum absolute atomic E-state index is 0.0443. The number of ether oxygens (including phenoxy) is 2. The van der Waals surface area contributed by atoms with Crippen molar-refractivity contribution in [1.82, 2.24) is 4.90 Å². The number of aliphatic imine (C=N–C) groups is 1. The van der Waals surface area contributed by atoms with Gasteiger partial charge in [0.1, 0.15) is 18.2 Å². The molecule has 36 heavy (non-hydrogen) atoms. The smallest absolute Gasteiger partial charge is 0.266 e. The monoisotopic (exact) mass is 572 g/mol. The molecule has 5 nitrogen and oxygen atoms in total. The normalized spacial score (nSPS) is 15.7. The molecule has 0 atom stereocenters. The molecule has 186 valence electrons. The molecule has 1 aliphatic heterocycles. The molecule has 0 radical (unpaired) electrons. The molecule has 0 bridgehead atoms. The quantitative estimate of drug-likeness (QED) is 0.265. The van der Waals surface area contributed by atoms with Gasteiger partial charge in [-0.05, 0) is 79.7 Å². The predicted octanol–water partition coefficient (Wildman–Crippen LogP) is 7.33. The zero-order chi connectivity index (χ0) is 25.7. The number of nitrogens with zero attached hydrogens (tertiary/aromatic N) is 2. The van der Waals surface area contributed by atoms with Crippen molar-refractivity contribution >= 4 is 50.5 Å². The standard InChI is InChI=1S/C27H23BrF2N2O3S/c1-3-32-26(33)25(36-27(32)31-20-11-9-19(29)10-12-20)14-18-13-23(34-4-2)24(15-21(18)28)35-16-17-7-5-6-8-22(17)30/h5-15H,3-4,16H2,1-2H3/b25-14+,31-27?. The Labute approximate surface area is 221 Å². The average Bonchev–Trinajstić information content (AvgIpc) is 3.16. The Balaban J connectivity index is 1.62. The first-order valence-electron chi connectivity index (χ1n) is 11.3. The Bertz CT molecular complexity index is 1330. The van der Waals surface area contributed by atoms with Crippen molar-refractivity contribution in [2.45, 2.75) is 20.5 Å². The Morgan fingerprint density at radius 3 is 2.44 bits per heavy atom. The Hall–Kier alpha value is -3.17. The van der Waals surface area contributed by atoms with Gasteiger partial charge in [0.05, 0.1) is 17.2 Å². The summed E-state index contributed by atoms with van der Waals surface area (Å²) in [6.07, 6.45) is 1.76. The maximum atomic E-state index is 14.0. The number of carbonyl (C=O) groups is 1. The fourth-order valence-corrected chi connectivity index (χ4v) is 4.94. The van der Waals surface area contributed by atoms with Crippen LogP contribution in [0.15, 0.2) is 75.0 Å². The molecule has 1 fully saturated rings. The van der Waals surface area contributed by atoms with E-state index in [1.807, 2.05) is 13.8 Å². The van der Waals surface area contributed by atoms with Gasteiger partial charge in [-0.25, -0.2) is 13.8 Å². The van der Waals surface area contributed by atoms with Crippen LogP contribution in [0.5, 0.6) is 11.5 Å². The SMILES string of the molecule is CCOc1cc(/C=C2/SC(=Nc3ccc(F)cc3)N(CC)C2=O)c(Br)cc1OCc1ccccc1F. The van der Waals surface area contributed by atoms with Gasteiger partial charge in [0.25, 0.3) is 5.91 Å². The van der Waals surface area contributed by atoms with Gasteiger partial charge >= 0.3 is 0 Å². The fourth-order valence-electron chi connectivity index (χ4n) is 3.45. The van der Waals surface area contributed by atoms with Crippen molar-refractivity contribution in [1.29, 1.82) is 0 Å². The average molecular weight is 573 g/mol. The summed E-state index contributed by atoms with van der Waals surface area (Å²) in [5.74, 6) is 0.0674. The number of benzene rings is 3. The number of rotatable bonds is 8. The van der Waals surface area contributed by atoms with E-state index in [1.165, 1.54) is 30.0 Å². The molecule has 1 saturated heterocycles. The van der Waals surface area contributed by atoms with Crippen LogP contribution in [-0.2, 0) is 11.4 Å². The maximum Gasteiger partial charge on any atom is 0.266 e. The summed E-state index contributed by atoms with van der Waals surface area (Å²) in [5, 5.41) is 0.520. The summed E-state index contributed by atoms with van der Waals surface area (Å²) in [6, 6.07) is 15.7. The molecule has 0 unspecified atom stereocenters. The summed E-state index contributed by atoms with van der Waals surface area (Å²) in [7, 11) is 0. The van der Waals surface area contributed by atoms with Crippen molar-refractivity contribution in [3.8, 4) is 11.5 Å². The Morgan fingerprint density at radius 2 is 1.75 bits per heavy atom. The number of halogens is 3. The molecule has 0 saturated carbocycles. The van der Waals surface area contributed by atoms with E-state index in [1.54, 1.807) is 53.4 Å². The first kappa shape index (κ1) is 25.9. The summed E-state index contributed by atoms with van der Waals surface area (Å²) in [5.41, 5.74) is 1.71. The van der Waals surface area contributed by atoms with Crippen LogP contribution in [0.25, 0.3) is 6.08 Å². The van der Waals surface area contributed by atoms with Gasteiger partial charge in [-0.2, -0.15) is 0 Å². The van der Waals surface area contributed by atoms with Gasteiger partial charge in [-0.3, -0.25) is 9.69 Å². The Kier molecular flexibility index (Phi) is 8.43. The lowest BCUT2D eigenvalue weighted by atomic mass is 10.1. The van der Waals surface area contributed by atoms with E-state index in [0.29, 0.717) is 56.0 Å². The molecule has 1 amide bonds. The molecule has 0 aromatic heterocycles. The van der Waals surface area contributed by atoms with Crippen LogP contribution in [0.4, 0.5) is 14.5 Å². The molecule has 0 aliphatic carbocycles. The van der Waals surface area contributed by atoms with E-state index < -0.39 is 0 Å². The van der Waals surface area contributed by atoms with Gasteiger partial charge in [0, 0.05) is 16.6 Å². The van der Waals surface area contributed by atoms with Crippen molar-refractivity contribution < 1.29 is 23.0 Å². The van der Waals surface area contributed by atoms with Gasteiger partial charge in [0.15, 0.2) is 16.7 Å². The lowest BCUT2D eigenvalue weighted by Gasteiger charge is -2.14. The molecule has 1 heterocycles. The molecule has 3 aromatic carbocycles. The first-order chi connectivity index (χ1) is 17.4. The number of likely N-dealkylation sites (N-methyl/N-ethyl adjacent to an activating group) is 1. The highest BCUT2D eigenvalue weighted by Crippen LogP contribution is 2.39. The number of carbonyl (C=O) groups excluding carboxylic acids is 1. The van der Waals surface area contributed by atoms with Crippen LogP contribution in [-0.4, -0.2) is 29.1 Å². The van der Waals surface area contributed by atoms with Crippen molar-refractivity contribution in [3.05, 3.63) is 92.8 Å². The lowest BCUT2D eigenvalue weighted by molar-refractivity contribution is -0.122. The minimum Gasteiger partial charge on any atom is -0.490 e. The Morgan fingerprint density at radius 1 is 1.03 bits per heavy atom. The summed E-state index contributed by atoms with van der Waals surface area (Å²) < 4.78 is 39.6. The molecule has 1 aliphatic rings. The highest BCUT2D eigenvalue weighted by atomic mass is 79.9. The third-order valence-electron chi connectivity index (χ3n) is 5.25. The predicted molar refractivity (Wildman–Crippen MR) is 142 cm³/mol. The minimum atomic E-state index is -0.349. The molecule has 0 spiro atoms. The molecular formula is C27H23BrF2N2O3S. The van der Waals surface area contributed by atoms with Crippen LogP contribution in [0.3, 0.4) is 0 Å². The van der Waals surface area contributed by atoms with Gasteiger partial charge in [-0.15, -0.1) is 0 Å². The van der Waals surface area contributed by atoms with E-state index >= 15 is 0 Å². The van der Waals surface area contributed by atoms with Crippen LogP contribution in [0.2, 0.25) is 0 Å². The van der Waals surface area contributed by atoms with E-state index in [9.17, 15) is 13.6 Å². The summed E-state index contributed by atoms with van der Waals surface area (Å²) >= 11 is 4.80. The number of hydrogen-bond donors (Lipinski definition) is 0. The molecule has 4 rings (SSSR count). The highest BCUT2D eigenvalue weighted by molar-refractivity contribution is 9.10. The number of thioether (sulfide) groups is 1. The van der Waals surface area contributed by atoms with Crippen LogP contribution in [0.1, 0.15) is 25.0 Å². The summed E-state index contributed by atoms with van der Waals surface area (Å²) in [6.45, 7) is 4.61. The maximum absolute atomic E-state index is 14.0. The fraction of sp³-hybridized carbons (Fsp3) is 0.185. The second-order valence-electron chi connectivity index (χ2n) is 7.66. The topological polar surface area (TPSA) is 51.1 Å². The molecule has 3 aromatic rings. The summed E-state index contributed by atoms with van der Waals surface area (Å²) in [4.78, 5) is 19.7.